The zero-order valence-electron chi connectivity index (χ0n) is 14.4. The van der Waals surface area contributed by atoms with Crippen LogP contribution in [-0.2, 0) is 21.7 Å². The predicted octanol–water partition coefficient (Wildman–Crippen LogP) is 2.23. The summed E-state index contributed by atoms with van der Waals surface area (Å²) in [7, 11) is 1.60. The normalized spacial score (nSPS) is 19.6. The topological polar surface area (TPSA) is 82.6 Å². The van der Waals surface area contributed by atoms with Gasteiger partial charge in [0.2, 0.25) is 5.91 Å². The highest BCUT2D eigenvalue weighted by molar-refractivity contribution is 7.14. The number of amides is 4. The maximum atomic E-state index is 13.1. The Morgan fingerprint density at radius 1 is 1.35 bits per heavy atom. The Hall–Kier alpha value is -2.81. The van der Waals surface area contributed by atoms with Crippen LogP contribution >= 0.6 is 11.3 Å². The van der Waals surface area contributed by atoms with Gasteiger partial charge in [-0.25, -0.2) is 14.2 Å². The molecule has 1 N–H and O–H groups in total. The van der Waals surface area contributed by atoms with Crippen molar-refractivity contribution in [2.45, 2.75) is 25.9 Å². The number of benzene rings is 1. The van der Waals surface area contributed by atoms with Crippen molar-refractivity contribution in [2.24, 2.45) is 0 Å². The van der Waals surface area contributed by atoms with Gasteiger partial charge in [-0.1, -0.05) is 12.1 Å². The molecule has 1 aromatic heterocycles. The molecule has 9 heteroatoms. The number of rotatable bonds is 4. The van der Waals surface area contributed by atoms with Crippen LogP contribution in [0.3, 0.4) is 0 Å². The van der Waals surface area contributed by atoms with E-state index in [9.17, 15) is 18.8 Å². The van der Waals surface area contributed by atoms with Gasteiger partial charge in [-0.05, 0) is 24.6 Å². The third-order valence-corrected chi connectivity index (χ3v) is 5.28. The smallest absolute Gasteiger partial charge is 0.319 e. The van der Waals surface area contributed by atoms with Gasteiger partial charge in [0, 0.05) is 19.4 Å². The van der Waals surface area contributed by atoms with Gasteiger partial charge >= 0.3 is 6.03 Å². The first-order valence-electron chi connectivity index (χ1n) is 7.81. The molecule has 2 aromatic rings. The molecule has 1 aliphatic rings. The molecule has 0 spiro atoms. The lowest BCUT2D eigenvalue weighted by molar-refractivity contribution is -0.131. The Morgan fingerprint density at radius 3 is 2.62 bits per heavy atom. The number of thiazole rings is 1. The molecule has 1 aromatic carbocycles. The Labute approximate surface area is 153 Å². The number of imide groups is 1. The Bertz CT molecular complexity index is 882. The van der Waals surface area contributed by atoms with Gasteiger partial charge < -0.3 is 5.32 Å². The average molecular weight is 376 g/mol. The van der Waals surface area contributed by atoms with E-state index in [0.29, 0.717) is 16.4 Å². The number of nitrogens with zero attached hydrogens (tertiary/aromatic N) is 3. The molecular weight excluding hydrogens is 359 g/mol. The monoisotopic (exact) mass is 376 g/mol. The lowest BCUT2D eigenvalue weighted by atomic mass is 9.92. The lowest BCUT2D eigenvalue weighted by Crippen LogP contribution is -2.40. The number of anilines is 1. The highest BCUT2D eigenvalue weighted by Crippen LogP contribution is 2.30. The van der Waals surface area contributed by atoms with Crippen LogP contribution in [0.1, 0.15) is 25.1 Å². The fourth-order valence-electron chi connectivity index (χ4n) is 2.64. The van der Waals surface area contributed by atoms with Crippen molar-refractivity contribution in [1.29, 1.82) is 0 Å². The first-order chi connectivity index (χ1) is 12.2. The van der Waals surface area contributed by atoms with Crippen molar-refractivity contribution in [2.75, 3.05) is 11.9 Å². The number of hydrogen-bond acceptors (Lipinski definition) is 5. The molecule has 26 heavy (non-hydrogen) atoms. The molecule has 1 aliphatic heterocycles. The zero-order chi connectivity index (χ0) is 19.1. The minimum Gasteiger partial charge on any atom is -0.319 e. The van der Waals surface area contributed by atoms with Gasteiger partial charge in [0.05, 0.1) is 12.2 Å². The fourth-order valence-corrected chi connectivity index (χ4v) is 3.46. The molecule has 1 fully saturated rings. The van der Waals surface area contributed by atoms with Crippen molar-refractivity contribution in [3.8, 4) is 0 Å². The van der Waals surface area contributed by atoms with Gasteiger partial charge in [-0.2, -0.15) is 0 Å². The van der Waals surface area contributed by atoms with Crippen LogP contribution < -0.4 is 10.2 Å². The number of nitrogens with one attached hydrogen (secondary N) is 1. The van der Waals surface area contributed by atoms with E-state index in [-0.39, 0.29) is 12.5 Å². The molecule has 0 aliphatic carbocycles. The average Bonchev–Trinajstić information content (AvgIpc) is 3.14. The van der Waals surface area contributed by atoms with Gasteiger partial charge in [0.1, 0.15) is 11.4 Å². The van der Waals surface area contributed by atoms with Crippen molar-refractivity contribution < 1.29 is 18.8 Å². The maximum Gasteiger partial charge on any atom is 0.325 e. The third kappa shape index (κ3) is 3.05. The Morgan fingerprint density at radius 2 is 2.00 bits per heavy atom. The maximum absolute atomic E-state index is 13.1. The molecule has 2 heterocycles. The second-order valence-corrected chi connectivity index (χ2v) is 6.99. The van der Waals surface area contributed by atoms with Crippen molar-refractivity contribution >= 4 is 34.3 Å². The largest absolute Gasteiger partial charge is 0.325 e. The van der Waals surface area contributed by atoms with Crippen LogP contribution in [0, 0.1) is 5.82 Å². The van der Waals surface area contributed by atoms with Gasteiger partial charge in [-0.15, -0.1) is 11.3 Å². The van der Waals surface area contributed by atoms with Crippen LogP contribution in [0.5, 0.6) is 0 Å². The highest BCUT2D eigenvalue weighted by Gasteiger charge is 2.49. The van der Waals surface area contributed by atoms with Crippen molar-refractivity contribution in [3.05, 3.63) is 46.7 Å². The van der Waals surface area contributed by atoms with E-state index in [4.69, 9.17) is 0 Å². The summed E-state index contributed by atoms with van der Waals surface area (Å²) >= 11 is 1.25. The molecule has 3 rings (SSSR count). The summed E-state index contributed by atoms with van der Waals surface area (Å²) in [5.41, 5.74) is -0.264. The quantitative estimate of drug-likeness (QED) is 0.830. The van der Waals surface area contributed by atoms with Crippen LogP contribution in [-0.4, -0.2) is 34.8 Å². The first kappa shape index (κ1) is 18.0. The number of aromatic nitrogens is 1. The van der Waals surface area contributed by atoms with E-state index >= 15 is 0 Å². The summed E-state index contributed by atoms with van der Waals surface area (Å²) in [5.74, 6) is -1.02. The predicted molar refractivity (Wildman–Crippen MR) is 94.0 cm³/mol. The van der Waals surface area contributed by atoms with E-state index in [1.165, 1.54) is 47.4 Å². The van der Waals surface area contributed by atoms with Crippen LogP contribution in [0.2, 0.25) is 0 Å². The zero-order valence-corrected chi connectivity index (χ0v) is 15.3. The SMILES string of the molecule is CC(=O)N(C)c1nc(CN2C(=O)N[C@@](C)(c3ccc(F)cc3)C2=O)cs1. The standard InChI is InChI=1S/C17H17FN4O3S/c1-10(23)21(3)16-19-13(9-26-16)8-22-14(24)17(2,20-15(22)25)11-4-6-12(18)7-5-11/h4-7,9H,8H2,1-3H3,(H,20,25)/t17-/m0/s1. The van der Waals surface area contributed by atoms with E-state index < -0.39 is 23.3 Å². The van der Waals surface area contributed by atoms with Crippen molar-refractivity contribution in [3.63, 3.8) is 0 Å². The molecule has 0 saturated carbocycles. The summed E-state index contributed by atoms with van der Waals surface area (Å²) in [4.78, 5) is 43.3. The molecular formula is C17H17FN4O3S. The van der Waals surface area contributed by atoms with E-state index in [2.05, 4.69) is 10.3 Å². The molecule has 136 valence electrons. The lowest BCUT2D eigenvalue weighted by Gasteiger charge is -2.22. The van der Waals surface area contributed by atoms with Crippen LogP contribution in [0.4, 0.5) is 14.3 Å². The van der Waals surface area contributed by atoms with Gasteiger partial charge in [0.25, 0.3) is 5.91 Å². The van der Waals surface area contributed by atoms with E-state index in [1.54, 1.807) is 19.4 Å². The third-order valence-electron chi connectivity index (χ3n) is 4.32. The minimum atomic E-state index is -1.26. The molecule has 1 atom stereocenters. The number of carbonyl (C=O) groups excluding carboxylic acids is 3. The summed E-state index contributed by atoms with van der Waals surface area (Å²) in [5, 5.41) is 4.84. The highest BCUT2D eigenvalue weighted by atomic mass is 32.1. The molecule has 0 radical (unpaired) electrons. The van der Waals surface area contributed by atoms with Gasteiger partial charge in [-0.3, -0.25) is 19.4 Å². The summed E-state index contributed by atoms with van der Waals surface area (Å²) < 4.78 is 13.1. The Balaban J connectivity index is 1.81. The van der Waals surface area contributed by atoms with Gasteiger partial charge in [0.15, 0.2) is 5.13 Å². The molecule has 7 nitrogen and oxygen atoms in total. The van der Waals surface area contributed by atoms with Crippen LogP contribution in [0.25, 0.3) is 0 Å². The first-order valence-corrected chi connectivity index (χ1v) is 8.69. The van der Waals surface area contributed by atoms with Crippen molar-refractivity contribution in [1.82, 2.24) is 15.2 Å². The van der Waals surface area contributed by atoms with E-state index in [0.717, 1.165) is 4.90 Å². The second kappa shape index (κ2) is 6.49. The summed E-state index contributed by atoms with van der Waals surface area (Å²) in [6.07, 6.45) is 0. The Kier molecular flexibility index (Phi) is 4.49. The van der Waals surface area contributed by atoms with E-state index in [1.807, 2.05) is 0 Å². The second-order valence-electron chi connectivity index (χ2n) is 6.15. The fraction of sp³-hybridized carbons (Fsp3) is 0.294. The molecule has 0 bridgehead atoms. The molecule has 4 amide bonds. The molecule has 0 unspecified atom stereocenters. The number of carbonyl (C=O) groups is 3. The number of halogens is 1. The number of urea groups is 1. The molecule has 1 saturated heterocycles. The van der Waals surface area contributed by atoms with Crippen LogP contribution in [0.15, 0.2) is 29.6 Å². The summed E-state index contributed by atoms with van der Waals surface area (Å²) in [6.45, 7) is 2.99. The number of hydrogen-bond donors (Lipinski definition) is 1. The minimum absolute atomic E-state index is 0.0102. The summed E-state index contributed by atoms with van der Waals surface area (Å²) in [6, 6.07) is 4.88.